The molecule has 0 aromatic carbocycles. The molecule has 3 rings (SSSR count). The van der Waals surface area contributed by atoms with E-state index in [2.05, 4.69) is 4.98 Å². The number of pyridine rings is 1. The molecule has 0 amide bonds. The van der Waals surface area contributed by atoms with E-state index >= 15 is 0 Å². The lowest BCUT2D eigenvalue weighted by Gasteiger charge is -2.32. The fourth-order valence-corrected chi connectivity index (χ4v) is 4.26. The first kappa shape index (κ1) is 21.6. The molecule has 0 N–H and O–H groups in total. The van der Waals surface area contributed by atoms with E-state index in [-0.39, 0.29) is 11.0 Å². The number of aromatic nitrogens is 1. The lowest BCUT2D eigenvalue weighted by Crippen LogP contribution is -2.41. The van der Waals surface area contributed by atoms with Crippen molar-refractivity contribution in [2.75, 3.05) is 14.1 Å². The van der Waals surface area contributed by atoms with E-state index in [0.29, 0.717) is 11.3 Å². The molecule has 1 aromatic heterocycles. The molecule has 1 aliphatic carbocycles. The van der Waals surface area contributed by atoms with E-state index in [1.165, 1.54) is 31.0 Å². The molecule has 1 aliphatic heterocycles. The van der Waals surface area contributed by atoms with Gasteiger partial charge in [0.1, 0.15) is 11.0 Å². The summed E-state index contributed by atoms with van der Waals surface area (Å²) < 4.78 is 44.9. The van der Waals surface area contributed by atoms with Crippen molar-refractivity contribution in [1.82, 2.24) is 9.29 Å². The minimum Gasteiger partial charge on any atom is -0.475 e. The third-order valence-corrected chi connectivity index (χ3v) is 7.75. The Bertz CT molecular complexity index is 804. The van der Waals surface area contributed by atoms with Crippen molar-refractivity contribution >= 4 is 22.6 Å². The zero-order valence-electron chi connectivity index (χ0n) is 17.7. The van der Waals surface area contributed by atoms with Gasteiger partial charge in [0, 0.05) is 19.6 Å². The van der Waals surface area contributed by atoms with E-state index < -0.39 is 28.3 Å². The summed E-state index contributed by atoms with van der Waals surface area (Å²) in [5.74, 6) is 0.392. The number of sulfonamides is 1. The van der Waals surface area contributed by atoms with Gasteiger partial charge in [0.25, 0.3) is 0 Å². The molecule has 0 radical (unpaired) electrons. The molecule has 0 unspecified atom stereocenters. The maximum Gasteiger partial charge on any atom is 0.500 e. The molecular weight excluding hydrogens is 379 g/mol. The molecule has 1 saturated heterocycles. The lowest BCUT2D eigenvalue weighted by molar-refractivity contribution is 0.00578. The molecule has 0 spiro atoms. The predicted molar refractivity (Wildman–Crippen MR) is 108 cm³/mol. The van der Waals surface area contributed by atoms with Crippen molar-refractivity contribution in [3.63, 3.8) is 0 Å². The van der Waals surface area contributed by atoms with Crippen LogP contribution in [0.2, 0.25) is 0 Å². The maximum atomic E-state index is 12.6. The Morgan fingerprint density at radius 2 is 1.68 bits per heavy atom. The van der Waals surface area contributed by atoms with Gasteiger partial charge in [-0.25, -0.2) is 17.7 Å². The lowest BCUT2D eigenvalue weighted by atomic mass is 9.79. The van der Waals surface area contributed by atoms with Crippen molar-refractivity contribution in [3.8, 4) is 5.88 Å². The Balaban J connectivity index is 2.00. The Kier molecular flexibility index (Phi) is 5.84. The third-order valence-electron chi connectivity index (χ3n) is 5.97. The monoisotopic (exact) mass is 410 g/mol. The van der Waals surface area contributed by atoms with E-state index in [0.717, 1.165) is 25.7 Å². The molecule has 1 saturated carbocycles. The van der Waals surface area contributed by atoms with Crippen molar-refractivity contribution in [2.24, 2.45) is 0 Å². The van der Waals surface area contributed by atoms with Gasteiger partial charge >= 0.3 is 7.12 Å². The van der Waals surface area contributed by atoms with Crippen LogP contribution in [0, 0.1) is 0 Å². The van der Waals surface area contributed by atoms with Gasteiger partial charge in [-0.3, -0.25) is 0 Å². The van der Waals surface area contributed by atoms with Crippen LogP contribution in [0.5, 0.6) is 5.88 Å². The number of ether oxygens (including phenoxy) is 1. The fourth-order valence-electron chi connectivity index (χ4n) is 3.38. The minimum atomic E-state index is -3.63. The summed E-state index contributed by atoms with van der Waals surface area (Å²) in [7, 11) is -1.38. The molecule has 1 aromatic rings. The van der Waals surface area contributed by atoms with Crippen LogP contribution in [0.25, 0.3) is 0 Å². The first-order valence-corrected chi connectivity index (χ1v) is 11.3. The smallest absolute Gasteiger partial charge is 0.475 e. The summed E-state index contributed by atoms with van der Waals surface area (Å²) in [5, 5.41) is 0. The summed E-state index contributed by atoms with van der Waals surface area (Å²) in [6.45, 7) is 7.84. The summed E-state index contributed by atoms with van der Waals surface area (Å²) in [6.07, 6.45) is 6.86. The Hall–Kier alpha value is -1.16. The Labute approximate surface area is 169 Å². The second kappa shape index (κ2) is 7.59. The van der Waals surface area contributed by atoms with Crippen LogP contribution in [-0.2, 0) is 19.3 Å². The van der Waals surface area contributed by atoms with Gasteiger partial charge in [0.05, 0.1) is 17.4 Å². The van der Waals surface area contributed by atoms with Gasteiger partial charge < -0.3 is 14.0 Å². The number of rotatable bonds is 5. The van der Waals surface area contributed by atoms with Crippen LogP contribution >= 0.6 is 0 Å². The van der Waals surface area contributed by atoms with Gasteiger partial charge in [-0.15, -0.1) is 0 Å². The second-order valence-electron chi connectivity index (χ2n) is 8.82. The fraction of sp³-hybridized carbons (Fsp3) is 0.737. The van der Waals surface area contributed by atoms with E-state index in [9.17, 15) is 8.42 Å². The molecule has 0 bridgehead atoms. The summed E-state index contributed by atoms with van der Waals surface area (Å²) >= 11 is 0. The maximum absolute atomic E-state index is 12.6. The van der Waals surface area contributed by atoms with Crippen molar-refractivity contribution in [3.05, 3.63) is 12.3 Å². The second-order valence-corrected chi connectivity index (χ2v) is 11.0. The summed E-state index contributed by atoms with van der Waals surface area (Å²) in [5.41, 5.74) is -0.570. The molecule has 2 aliphatic rings. The Morgan fingerprint density at radius 1 is 1.11 bits per heavy atom. The number of nitrogens with zero attached hydrogens (tertiary/aromatic N) is 2. The standard InChI is InChI=1S/C19H31BN2O5S/c1-18(2)19(3,4)27-20(26-18)16-12-15(28(23,24)22(5)6)13-21-17(16)25-14-10-8-7-9-11-14/h12-14H,7-11H2,1-6H3. The molecule has 7 nitrogen and oxygen atoms in total. The predicted octanol–water partition coefficient (Wildman–Crippen LogP) is 2.34. The summed E-state index contributed by atoms with van der Waals surface area (Å²) in [4.78, 5) is 4.47. The first-order valence-electron chi connectivity index (χ1n) is 9.89. The van der Waals surface area contributed by atoms with Crippen LogP contribution in [-0.4, -0.2) is 56.2 Å². The molecule has 9 heteroatoms. The highest BCUT2D eigenvalue weighted by atomic mass is 32.2. The van der Waals surface area contributed by atoms with Crippen molar-refractivity contribution in [1.29, 1.82) is 0 Å². The SMILES string of the molecule is CN(C)S(=O)(=O)c1cnc(OC2CCCCC2)c(B2OC(C)(C)C(C)(C)O2)c1. The third kappa shape index (κ3) is 4.08. The highest BCUT2D eigenvalue weighted by Gasteiger charge is 2.53. The number of hydrogen-bond acceptors (Lipinski definition) is 6. The quantitative estimate of drug-likeness (QED) is 0.694. The Morgan fingerprint density at radius 3 is 2.21 bits per heavy atom. The van der Waals surface area contributed by atoms with Gasteiger partial charge in [-0.2, -0.15) is 0 Å². The average molecular weight is 410 g/mol. The largest absolute Gasteiger partial charge is 0.500 e. The van der Waals surface area contributed by atoms with E-state index in [1.807, 2.05) is 27.7 Å². The van der Waals surface area contributed by atoms with Gasteiger partial charge in [0.15, 0.2) is 0 Å². The molecule has 156 valence electrons. The van der Waals surface area contributed by atoms with Crippen molar-refractivity contribution < 1.29 is 22.5 Å². The van der Waals surface area contributed by atoms with Crippen LogP contribution in [0.4, 0.5) is 0 Å². The van der Waals surface area contributed by atoms with E-state index in [1.54, 1.807) is 6.07 Å². The summed E-state index contributed by atoms with van der Waals surface area (Å²) in [6, 6.07) is 1.57. The van der Waals surface area contributed by atoms with Crippen LogP contribution in [0.1, 0.15) is 59.8 Å². The van der Waals surface area contributed by atoms with Crippen molar-refractivity contribution in [2.45, 2.75) is 82.0 Å². The molecule has 2 heterocycles. The molecule has 0 atom stereocenters. The zero-order chi connectivity index (χ0) is 20.7. The highest BCUT2D eigenvalue weighted by Crippen LogP contribution is 2.37. The van der Waals surface area contributed by atoms with Crippen LogP contribution in [0.15, 0.2) is 17.2 Å². The zero-order valence-corrected chi connectivity index (χ0v) is 18.5. The minimum absolute atomic E-state index is 0.0822. The molecular formula is C19H31BN2O5S. The van der Waals surface area contributed by atoms with Crippen LogP contribution in [0.3, 0.4) is 0 Å². The van der Waals surface area contributed by atoms with Gasteiger partial charge in [-0.05, 0) is 59.4 Å². The van der Waals surface area contributed by atoms with E-state index in [4.69, 9.17) is 14.0 Å². The topological polar surface area (TPSA) is 78.0 Å². The normalized spacial score (nSPS) is 22.6. The van der Waals surface area contributed by atoms with Gasteiger partial charge in [-0.1, -0.05) is 6.42 Å². The average Bonchev–Trinajstić information content (AvgIpc) is 2.83. The first-order chi connectivity index (χ1) is 12.9. The molecule has 2 fully saturated rings. The van der Waals surface area contributed by atoms with Gasteiger partial charge in [0.2, 0.25) is 15.9 Å². The molecule has 28 heavy (non-hydrogen) atoms. The highest BCUT2D eigenvalue weighted by molar-refractivity contribution is 7.89. The van der Waals surface area contributed by atoms with Crippen LogP contribution < -0.4 is 10.2 Å². The number of hydrogen-bond donors (Lipinski definition) is 0.